The molecule has 4 rings (SSSR count). The number of amides is 1. The van der Waals surface area contributed by atoms with E-state index < -0.39 is 0 Å². The van der Waals surface area contributed by atoms with Crippen LogP contribution in [0.3, 0.4) is 0 Å². The molecule has 3 nitrogen and oxygen atoms in total. The van der Waals surface area contributed by atoms with Gasteiger partial charge in [0, 0.05) is 30.2 Å². The van der Waals surface area contributed by atoms with E-state index in [1.54, 1.807) is 35.6 Å². The number of benzene rings is 2. The Morgan fingerprint density at radius 3 is 2.78 bits per heavy atom. The molecule has 0 saturated heterocycles. The summed E-state index contributed by atoms with van der Waals surface area (Å²) in [6.45, 7) is 2.47. The number of carbonyl (C=O) groups excluding carboxylic acids is 1. The molecule has 0 bridgehead atoms. The zero-order chi connectivity index (χ0) is 18.6. The molecule has 2 aromatic carbocycles. The van der Waals surface area contributed by atoms with Crippen LogP contribution in [0.5, 0.6) is 0 Å². The lowest BCUT2D eigenvalue weighted by Crippen LogP contribution is -2.40. The number of nitrogens with zero attached hydrogens (tertiary/aromatic N) is 1. The molecule has 1 N–H and O–H groups in total. The molecule has 0 saturated carbocycles. The second-order valence-corrected chi connectivity index (χ2v) is 8.00. The molecule has 0 aliphatic carbocycles. The third kappa shape index (κ3) is 4.24. The summed E-state index contributed by atoms with van der Waals surface area (Å²) in [7, 11) is 0. The number of hydrogen-bond donors (Lipinski definition) is 1. The van der Waals surface area contributed by atoms with Crippen LogP contribution >= 0.6 is 22.9 Å². The fraction of sp³-hybridized carbons (Fsp3) is 0.227. The van der Waals surface area contributed by atoms with E-state index in [0.29, 0.717) is 17.1 Å². The van der Waals surface area contributed by atoms with E-state index in [-0.39, 0.29) is 11.9 Å². The van der Waals surface area contributed by atoms with Crippen molar-refractivity contribution >= 4 is 28.8 Å². The zero-order valence-corrected chi connectivity index (χ0v) is 16.5. The maximum Gasteiger partial charge on any atom is 0.251 e. The Kier molecular flexibility index (Phi) is 5.58. The van der Waals surface area contributed by atoms with Crippen molar-refractivity contribution in [2.24, 2.45) is 0 Å². The van der Waals surface area contributed by atoms with E-state index in [0.717, 1.165) is 19.5 Å². The van der Waals surface area contributed by atoms with Crippen LogP contribution in [0.2, 0.25) is 5.02 Å². The van der Waals surface area contributed by atoms with Gasteiger partial charge in [-0.25, -0.2) is 0 Å². The number of hydrogen-bond acceptors (Lipinski definition) is 3. The van der Waals surface area contributed by atoms with Gasteiger partial charge in [-0.05, 0) is 58.1 Å². The van der Waals surface area contributed by atoms with Crippen LogP contribution in [0.25, 0.3) is 0 Å². The molecule has 1 aliphatic heterocycles. The van der Waals surface area contributed by atoms with Crippen LogP contribution in [-0.2, 0) is 13.0 Å². The molecule has 1 amide bonds. The molecule has 138 valence electrons. The van der Waals surface area contributed by atoms with Crippen molar-refractivity contribution in [3.8, 4) is 0 Å². The Balaban J connectivity index is 1.50. The topological polar surface area (TPSA) is 32.3 Å². The highest BCUT2D eigenvalue weighted by Gasteiger charge is 2.25. The minimum Gasteiger partial charge on any atom is -0.350 e. The Morgan fingerprint density at radius 2 is 2.00 bits per heavy atom. The molecule has 3 aromatic rings. The predicted octanol–water partition coefficient (Wildman–Crippen LogP) is 4.93. The predicted molar refractivity (Wildman–Crippen MR) is 111 cm³/mol. The van der Waals surface area contributed by atoms with Gasteiger partial charge in [-0.15, -0.1) is 0 Å². The van der Waals surface area contributed by atoms with Gasteiger partial charge in [0.2, 0.25) is 0 Å². The van der Waals surface area contributed by atoms with Crippen molar-refractivity contribution in [1.29, 1.82) is 0 Å². The molecule has 27 heavy (non-hydrogen) atoms. The van der Waals surface area contributed by atoms with Gasteiger partial charge in [0.25, 0.3) is 5.91 Å². The Morgan fingerprint density at radius 1 is 1.15 bits per heavy atom. The van der Waals surface area contributed by atoms with Crippen molar-refractivity contribution in [2.75, 3.05) is 13.1 Å². The van der Waals surface area contributed by atoms with E-state index >= 15 is 0 Å². The second kappa shape index (κ2) is 8.26. The molecule has 1 atom stereocenters. The molecule has 1 aromatic heterocycles. The third-order valence-electron chi connectivity index (χ3n) is 5.07. The lowest BCUT2D eigenvalue weighted by atomic mass is 9.97. The van der Waals surface area contributed by atoms with Crippen LogP contribution in [0.15, 0.2) is 65.4 Å². The van der Waals surface area contributed by atoms with Gasteiger partial charge in [0.15, 0.2) is 0 Å². The Bertz CT molecular complexity index is 926. The number of nitrogens with one attached hydrogen (secondary N) is 1. The standard InChI is InChI=1S/C22H21ClN2OS/c23-20-7-3-6-17(12-20)22(26)24-13-21(19-9-11-27-15-19)25-10-8-16-4-1-2-5-18(16)14-25/h1-7,9,11-12,15,21H,8,10,13-14H2,(H,24,26). The largest absolute Gasteiger partial charge is 0.350 e. The smallest absolute Gasteiger partial charge is 0.251 e. The highest BCUT2D eigenvalue weighted by Crippen LogP contribution is 2.28. The molecular formula is C22H21ClN2OS. The summed E-state index contributed by atoms with van der Waals surface area (Å²) in [6, 6.07) is 18.0. The number of carbonyl (C=O) groups is 1. The first-order valence-corrected chi connectivity index (χ1v) is 10.4. The van der Waals surface area contributed by atoms with E-state index in [1.807, 2.05) is 0 Å². The normalized spacial score (nSPS) is 15.1. The van der Waals surface area contributed by atoms with Gasteiger partial charge in [-0.2, -0.15) is 11.3 Å². The minimum absolute atomic E-state index is 0.0878. The van der Waals surface area contributed by atoms with Crippen LogP contribution in [0.4, 0.5) is 0 Å². The van der Waals surface area contributed by atoms with Crippen molar-refractivity contribution < 1.29 is 4.79 Å². The Labute approximate surface area is 168 Å². The number of halogens is 1. The average molecular weight is 397 g/mol. The monoisotopic (exact) mass is 396 g/mol. The maximum atomic E-state index is 12.6. The van der Waals surface area contributed by atoms with Crippen LogP contribution in [-0.4, -0.2) is 23.9 Å². The lowest BCUT2D eigenvalue weighted by Gasteiger charge is -2.35. The van der Waals surface area contributed by atoms with E-state index in [4.69, 9.17) is 11.6 Å². The van der Waals surface area contributed by atoms with Crippen molar-refractivity contribution in [3.05, 3.63) is 92.6 Å². The van der Waals surface area contributed by atoms with Crippen molar-refractivity contribution in [1.82, 2.24) is 10.2 Å². The van der Waals surface area contributed by atoms with Gasteiger partial charge in [-0.1, -0.05) is 41.9 Å². The van der Waals surface area contributed by atoms with E-state index in [1.165, 1.54) is 16.7 Å². The van der Waals surface area contributed by atoms with Crippen LogP contribution in [0, 0.1) is 0 Å². The summed E-state index contributed by atoms with van der Waals surface area (Å²) < 4.78 is 0. The van der Waals surface area contributed by atoms with Crippen LogP contribution < -0.4 is 5.32 Å². The molecule has 0 spiro atoms. The third-order valence-corrected chi connectivity index (χ3v) is 6.01. The number of rotatable bonds is 5. The second-order valence-electron chi connectivity index (χ2n) is 6.78. The summed E-state index contributed by atoms with van der Waals surface area (Å²) in [5, 5.41) is 7.95. The summed E-state index contributed by atoms with van der Waals surface area (Å²) in [5.41, 5.74) is 4.66. The zero-order valence-electron chi connectivity index (χ0n) is 14.9. The van der Waals surface area contributed by atoms with E-state index in [2.05, 4.69) is 51.3 Å². The molecular weight excluding hydrogens is 376 g/mol. The highest BCUT2D eigenvalue weighted by atomic mass is 35.5. The summed E-state index contributed by atoms with van der Waals surface area (Å²) in [6.07, 6.45) is 1.04. The summed E-state index contributed by atoms with van der Waals surface area (Å²) in [4.78, 5) is 15.0. The first kappa shape index (κ1) is 18.2. The van der Waals surface area contributed by atoms with Crippen LogP contribution in [0.1, 0.15) is 33.1 Å². The lowest BCUT2D eigenvalue weighted by molar-refractivity contribution is 0.0928. The average Bonchev–Trinajstić information content (AvgIpc) is 3.22. The minimum atomic E-state index is -0.0878. The first-order valence-electron chi connectivity index (χ1n) is 9.07. The SMILES string of the molecule is O=C(NCC(c1ccsc1)N1CCc2ccccc2C1)c1cccc(Cl)c1. The molecule has 0 fully saturated rings. The summed E-state index contributed by atoms with van der Waals surface area (Å²) >= 11 is 7.71. The maximum absolute atomic E-state index is 12.6. The van der Waals surface area contributed by atoms with Gasteiger partial charge in [-0.3, -0.25) is 9.69 Å². The Hall–Kier alpha value is -2.14. The molecule has 5 heteroatoms. The summed E-state index contributed by atoms with van der Waals surface area (Å²) in [5.74, 6) is -0.0878. The van der Waals surface area contributed by atoms with Gasteiger partial charge >= 0.3 is 0 Å². The molecule has 1 unspecified atom stereocenters. The van der Waals surface area contributed by atoms with Gasteiger partial charge < -0.3 is 5.32 Å². The number of thiophene rings is 1. The molecule has 1 aliphatic rings. The highest BCUT2D eigenvalue weighted by molar-refractivity contribution is 7.08. The molecule has 2 heterocycles. The van der Waals surface area contributed by atoms with E-state index in [9.17, 15) is 4.79 Å². The quantitative estimate of drug-likeness (QED) is 0.663. The number of fused-ring (bicyclic) bond motifs is 1. The van der Waals surface area contributed by atoms with Gasteiger partial charge in [0.05, 0.1) is 6.04 Å². The van der Waals surface area contributed by atoms with Crippen molar-refractivity contribution in [3.63, 3.8) is 0 Å². The fourth-order valence-corrected chi connectivity index (χ4v) is 4.52. The van der Waals surface area contributed by atoms with Crippen molar-refractivity contribution in [2.45, 2.75) is 19.0 Å². The van der Waals surface area contributed by atoms with Gasteiger partial charge in [0.1, 0.15) is 0 Å². The first-order chi connectivity index (χ1) is 13.2. The molecule has 0 radical (unpaired) electrons. The fourth-order valence-electron chi connectivity index (χ4n) is 3.63.